The fraction of sp³-hybridized carbons (Fsp3) is 0.118. The third-order valence-corrected chi connectivity index (χ3v) is 3.47. The number of rotatable bonds is 5. The van der Waals surface area contributed by atoms with Crippen molar-refractivity contribution in [3.63, 3.8) is 0 Å². The van der Waals surface area contributed by atoms with Crippen molar-refractivity contribution >= 4 is 11.6 Å². The van der Waals surface area contributed by atoms with Gasteiger partial charge in [0.15, 0.2) is 5.82 Å². The quantitative estimate of drug-likeness (QED) is 0.623. The van der Waals surface area contributed by atoms with Gasteiger partial charge in [0, 0.05) is 11.3 Å². The average molecular weight is 323 g/mol. The SMILES string of the molecule is COc1ccccc1-c1n[nH]c(CNC(=O)c2ccc(N)cc2)n1. The summed E-state index contributed by atoms with van der Waals surface area (Å²) in [5.74, 6) is 1.56. The Morgan fingerprint density at radius 2 is 1.96 bits per heavy atom. The Kier molecular flexibility index (Phi) is 4.42. The maximum Gasteiger partial charge on any atom is 0.251 e. The highest BCUT2D eigenvalue weighted by Crippen LogP contribution is 2.26. The van der Waals surface area contributed by atoms with Crippen LogP contribution in [0.4, 0.5) is 5.69 Å². The third-order valence-electron chi connectivity index (χ3n) is 3.47. The first-order valence-electron chi connectivity index (χ1n) is 7.36. The minimum absolute atomic E-state index is 0.203. The summed E-state index contributed by atoms with van der Waals surface area (Å²) in [6.07, 6.45) is 0. The van der Waals surface area contributed by atoms with Crippen LogP contribution in [-0.2, 0) is 6.54 Å². The van der Waals surface area contributed by atoms with Crippen LogP contribution in [-0.4, -0.2) is 28.2 Å². The Balaban J connectivity index is 1.68. The number of H-pyrrole nitrogens is 1. The Morgan fingerprint density at radius 3 is 2.71 bits per heavy atom. The highest BCUT2D eigenvalue weighted by molar-refractivity contribution is 5.94. The first-order chi connectivity index (χ1) is 11.7. The molecule has 0 unspecified atom stereocenters. The van der Waals surface area contributed by atoms with E-state index in [1.807, 2.05) is 24.3 Å². The Hall–Kier alpha value is -3.35. The van der Waals surface area contributed by atoms with Crippen LogP contribution in [0.5, 0.6) is 5.75 Å². The van der Waals surface area contributed by atoms with E-state index in [4.69, 9.17) is 10.5 Å². The Morgan fingerprint density at radius 1 is 1.21 bits per heavy atom. The van der Waals surface area contributed by atoms with Gasteiger partial charge >= 0.3 is 0 Å². The number of anilines is 1. The summed E-state index contributed by atoms with van der Waals surface area (Å²) in [4.78, 5) is 16.5. The Labute approximate surface area is 138 Å². The number of amides is 1. The number of carbonyl (C=O) groups excluding carboxylic acids is 1. The van der Waals surface area contributed by atoms with E-state index in [0.717, 1.165) is 5.56 Å². The van der Waals surface area contributed by atoms with Gasteiger partial charge in [0.05, 0.1) is 19.2 Å². The first-order valence-corrected chi connectivity index (χ1v) is 7.36. The van der Waals surface area contributed by atoms with Crippen LogP contribution in [0.3, 0.4) is 0 Å². The molecule has 4 N–H and O–H groups in total. The van der Waals surface area contributed by atoms with E-state index in [9.17, 15) is 4.79 Å². The molecule has 0 fully saturated rings. The maximum atomic E-state index is 12.1. The summed E-state index contributed by atoms with van der Waals surface area (Å²) in [7, 11) is 1.60. The lowest BCUT2D eigenvalue weighted by atomic mass is 10.2. The van der Waals surface area contributed by atoms with E-state index >= 15 is 0 Å². The van der Waals surface area contributed by atoms with E-state index in [2.05, 4.69) is 20.5 Å². The molecular weight excluding hydrogens is 306 g/mol. The number of hydrogen-bond donors (Lipinski definition) is 3. The molecule has 2 aromatic carbocycles. The number of hydrogen-bond acceptors (Lipinski definition) is 5. The van der Waals surface area contributed by atoms with Crippen LogP contribution in [0.15, 0.2) is 48.5 Å². The van der Waals surface area contributed by atoms with Crippen molar-refractivity contribution in [1.29, 1.82) is 0 Å². The molecule has 0 aliphatic heterocycles. The van der Waals surface area contributed by atoms with Gasteiger partial charge in [-0.15, -0.1) is 0 Å². The van der Waals surface area contributed by atoms with E-state index < -0.39 is 0 Å². The molecule has 1 aromatic heterocycles. The molecular formula is C17H17N5O2. The zero-order valence-corrected chi connectivity index (χ0v) is 13.1. The van der Waals surface area contributed by atoms with Crippen molar-refractivity contribution in [3.8, 4) is 17.1 Å². The number of para-hydroxylation sites is 1. The lowest BCUT2D eigenvalue weighted by Crippen LogP contribution is -2.23. The summed E-state index contributed by atoms with van der Waals surface area (Å²) in [5.41, 5.74) is 7.54. The number of methoxy groups -OCH3 is 1. The molecule has 1 heterocycles. The minimum Gasteiger partial charge on any atom is -0.496 e. The normalized spacial score (nSPS) is 10.4. The van der Waals surface area contributed by atoms with Crippen LogP contribution in [0.25, 0.3) is 11.4 Å². The van der Waals surface area contributed by atoms with Crippen molar-refractivity contribution in [2.75, 3.05) is 12.8 Å². The smallest absolute Gasteiger partial charge is 0.251 e. The number of ether oxygens (including phenoxy) is 1. The number of nitrogens with two attached hydrogens (primary N) is 1. The molecule has 0 aliphatic rings. The highest BCUT2D eigenvalue weighted by Gasteiger charge is 2.12. The van der Waals surface area contributed by atoms with Crippen molar-refractivity contribution in [2.45, 2.75) is 6.54 Å². The van der Waals surface area contributed by atoms with E-state index in [1.165, 1.54) is 0 Å². The second kappa shape index (κ2) is 6.82. The van der Waals surface area contributed by atoms with Gasteiger partial charge < -0.3 is 15.8 Å². The van der Waals surface area contributed by atoms with Gasteiger partial charge in [-0.25, -0.2) is 4.98 Å². The number of nitrogens with zero attached hydrogens (tertiary/aromatic N) is 2. The maximum absolute atomic E-state index is 12.1. The molecule has 0 saturated carbocycles. The largest absolute Gasteiger partial charge is 0.496 e. The number of nitrogens with one attached hydrogen (secondary N) is 2. The zero-order chi connectivity index (χ0) is 16.9. The number of benzene rings is 2. The summed E-state index contributed by atoms with van der Waals surface area (Å²) >= 11 is 0. The fourth-order valence-corrected chi connectivity index (χ4v) is 2.22. The van der Waals surface area contributed by atoms with Gasteiger partial charge in [0.2, 0.25) is 0 Å². The van der Waals surface area contributed by atoms with Gasteiger partial charge in [-0.3, -0.25) is 9.89 Å². The van der Waals surface area contributed by atoms with Gasteiger partial charge in [0.1, 0.15) is 11.6 Å². The molecule has 0 saturated heterocycles. The average Bonchev–Trinajstić information content (AvgIpc) is 3.09. The van der Waals surface area contributed by atoms with Crippen LogP contribution < -0.4 is 15.8 Å². The Bertz CT molecular complexity index is 842. The fourth-order valence-electron chi connectivity index (χ4n) is 2.22. The second-order valence-corrected chi connectivity index (χ2v) is 5.11. The number of aromatic nitrogens is 3. The summed E-state index contributed by atoms with van der Waals surface area (Å²) in [6.45, 7) is 0.241. The predicted octanol–water partition coefficient (Wildman–Crippen LogP) is 1.99. The number of nitrogen functional groups attached to an aromatic ring is 1. The molecule has 3 aromatic rings. The van der Waals surface area contributed by atoms with Crippen molar-refractivity contribution in [3.05, 3.63) is 59.9 Å². The standard InChI is InChI=1S/C17H17N5O2/c1-24-14-5-3-2-4-13(14)16-20-15(21-22-16)10-19-17(23)11-6-8-12(18)9-7-11/h2-9H,10,18H2,1H3,(H,19,23)(H,20,21,22). The predicted molar refractivity (Wildman–Crippen MR) is 90.4 cm³/mol. The first kappa shape index (κ1) is 15.5. The van der Waals surface area contributed by atoms with Gasteiger partial charge in [-0.2, -0.15) is 5.10 Å². The number of carbonyl (C=O) groups is 1. The van der Waals surface area contributed by atoms with Crippen LogP contribution >= 0.6 is 0 Å². The molecule has 0 spiro atoms. The molecule has 24 heavy (non-hydrogen) atoms. The lowest BCUT2D eigenvalue weighted by molar-refractivity contribution is 0.0950. The third kappa shape index (κ3) is 3.35. The molecule has 0 atom stereocenters. The minimum atomic E-state index is -0.203. The van der Waals surface area contributed by atoms with Crippen LogP contribution in [0.2, 0.25) is 0 Å². The molecule has 7 nitrogen and oxygen atoms in total. The van der Waals surface area contributed by atoms with Gasteiger partial charge in [-0.05, 0) is 36.4 Å². The summed E-state index contributed by atoms with van der Waals surface area (Å²) < 4.78 is 5.30. The van der Waals surface area contributed by atoms with Crippen LogP contribution in [0.1, 0.15) is 16.2 Å². The van der Waals surface area contributed by atoms with E-state index in [0.29, 0.717) is 28.6 Å². The molecule has 7 heteroatoms. The summed E-state index contributed by atoms with van der Waals surface area (Å²) in [6, 6.07) is 14.2. The topological polar surface area (TPSA) is 106 Å². The molecule has 3 rings (SSSR count). The van der Waals surface area contributed by atoms with Crippen LogP contribution in [0, 0.1) is 0 Å². The monoisotopic (exact) mass is 323 g/mol. The van der Waals surface area contributed by atoms with E-state index in [-0.39, 0.29) is 12.5 Å². The molecule has 0 bridgehead atoms. The van der Waals surface area contributed by atoms with Crippen molar-refractivity contribution in [2.24, 2.45) is 0 Å². The van der Waals surface area contributed by atoms with Crippen molar-refractivity contribution < 1.29 is 9.53 Å². The van der Waals surface area contributed by atoms with Gasteiger partial charge in [-0.1, -0.05) is 12.1 Å². The molecule has 0 radical (unpaired) electrons. The lowest BCUT2D eigenvalue weighted by Gasteiger charge is -2.04. The van der Waals surface area contributed by atoms with Gasteiger partial charge in [0.25, 0.3) is 5.91 Å². The van der Waals surface area contributed by atoms with E-state index in [1.54, 1.807) is 31.4 Å². The second-order valence-electron chi connectivity index (χ2n) is 5.11. The molecule has 1 amide bonds. The molecule has 0 aliphatic carbocycles. The zero-order valence-electron chi connectivity index (χ0n) is 13.1. The number of aromatic amines is 1. The summed E-state index contributed by atoms with van der Waals surface area (Å²) in [5, 5.41) is 9.78. The molecule has 122 valence electrons. The van der Waals surface area contributed by atoms with Crippen molar-refractivity contribution in [1.82, 2.24) is 20.5 Å². The highest BCUT2D eigenvalue weighted by atomic mass is 16.5.